The highest BCUT2D eigenvalue weighted by atomic mass is 32.2. The van der Waals surface area contributed by atoms with Crippen molar-refractivity contribution in [2.45, 2.75) is 4.90 Å². The zero-order valence-corrected chi connectivity index (χ0v) is 19.9. The lowest BCUT2D eigenvalue weighted by Crippen LogP contribution is -2.24. The fourth-order valence-corrected chi connectivity index (χ4v) is 4.65. The summed E-state index contributed by atoms with van der Waals surface area (Å²) < 4.78 is 13.1. The van der Waals surface area contributed by atoms with Gasteiger partial charge in [0, 0.05) is 42.6 Å². The molecule has 0 spiro atoms. The molecule has 0 radical (unpaired) electrons. The van der Waals surface area contributed by atoms with E-state index in [1.54, 1.807) is 40.2 Å². The first-order chi connectivity index (χ1) is 15.7. The molecule has 0 amide bonds. The second kappa shape index (κ2) is 11.6. The van der Waals surface area contributed by atoms with Crippen molar-refractivity contribution < 1.29 is 33.5 Å². The third kappa shape index (κ3) is 6.65. The first kappa shape index (κ1) is 25.9. The number of nitrogens with zero attached hydrogens (tertiary/aromatic N) is 3. The number of pyridine rings is 1. The van der Waals surface area contributed by atoms with E-state index in [1.165, 1.54) is 24.1 Å². The van der Waals surface area contributed by atoms with E-state index < -0.39 is 22.1 Å². The van der Waals surface area contributed by atoms with E-state index in [1.807, 2.05) is 0 Å². The number of aromatic nitrogens is 1. The van der Waals surface area contributed by atoms with Crippen LogP contribution in [0, 0.1) is 10.1 Å². The number of nitro groups is 1. The topological polar surface area (TPSA) is 168 Å². The molecule has 3 aromatic rings. The molecule has 33 heavy (non-hydrogen) atoms. The summed E-state index contributed by atoms with van der Waals surface area (Å²) in [7, 11) is -3.24. The molecule has 0 saturated carbocycles. The lowest BCUT2D eigenvalue weighted by atomic mass is 10.1. The van der Waals surface area contributed by atoms with Crippen LogP contribution in [0.5, 0.6) is 0 Å². The van der Waals surface area contributed by atoms with Gasteiger partial charge in [-0.15, -0.1) is 0 Å². The zero-order valence-electron chi connectivity index (χ0n) is 17.3. The summed E-state index contributed by atoms with van der Waals surface area (Å²) in [4.78, 5) is 60.1. The minimum absolute atomic E-state index is 0.00235. The summed E-state index contributed by atoms with van der Waals surface area (Å²) in [5.74, 6) is 0. The highest BCUT2D eigenvalue weighted by Gasteiger charge is 2.16. The van der Waals surface area contributed by atoms with Gasteiger partial charge in [-0.2, -0.15) is 0 Å². The predicted octanol–water partition coefficient (Wildman–Crippen LogP) is 2.37. The van der Waals surface area contributed by atoms with Gasteiger partial charge in [-0.1, -0.05) is 0 Å². The third-order valence-electron chi connectivity index (χ3n) is 4.70. The van der Waals surface area contributed by atoms with Crippen LogP contribution in [-0.2, 0) is 16.1 Å². The van der Waals surface area contributed by atoms with Gasteiger partial charge in [-0.05, 0) is 36.2 Å². The molecule has 0 atom stereocenters. The quantitative estimate of drug-likeness (QED) is 0.0969. The summed E-state index contributed by atoms with van der Waals surface area (Å²) in [6.45, 7) is 0.510. The molecule has 0 aliphatic heterocycles. The Labute approximate surface area is 194 Å². The first-order valence-corrected chi connectivity index (χ1v) is 12.5. The van der Waals surface area contributed by atoms with E-state index in [-0.39, 0.29) is 42.8 Å². The third-order valence-corrected chi connectivity index (χ3v) is 6.62. The minimum Gasteiger partial charge on any atom is -0.343 e. The molecule has 1 heterocycles. The van der Waals surface area contributed by atoms with Gasteiger partial charge in [-0.25, -0.2) is 4.31 Å². The Kier molecular flexibility index (Phi) is 9.08. The molecule has 178 valence electrons. The average molecular weight is 517 g/mol. The zero-order chi connectivity index (χ0) is 24.1. The molecule has 0 fully saturated rings. The van der Waals surface area contributed by atoms with Crippen LogP contribution in [0.2, 0.25) is 0 Å². The molecule has 0 bridgehead atoms. The normalized spacial score (nSPS) is 12.0. The molecule has 1 aromatic heterocycles. The number of hydrogen-bond donors (Lipinski definition) is 4. The van der Waals surface area contributed by atoms with Crippen LogP contribution < -0.4 is 5.43 Å². The molecule has 12 nitrogen and oxygen atoms in total. The van der Waals surface area contributed by atoms with Crippen molar-refractivity contribution >= 4 is 56.6 Å². The maximum absolute atomic E-state index is 13.1. The maximum atomic E-state index is 13.1. The molecular formula is C18H21N3O9P2S. The molecule has 4 N–H and O–H groups in total. The number of nitro benzene ring substituents is 1. The number of benzene rings is 2. The molecule has 0 saturated heterocycles. The van der Waals surface area contributed by atoms with Crippen molar-refractivity contribution in [3.05, 3.63) is 56.7 Å². The van der Waals surface area contributed by atoms with Gasteiger partial charge >= 0.3 is 17.2 Å². The Morgan fingerprint density at radius 2 is 1.55 bits per heavy atom. The second-order valence-corrected chi connectivity index (χ2v) is 9.42. The monoisotopic (exact) mass is 517 g/mol. The van der Waals surface area contributed by atoms with Crippen molar-refractivity contribution in [1.29, 1.82) is 0 Å². The van der Waals surface area contributed by atoms with Gasteiger partial charge in [0.2, 0.25) is 0 Å². The Morgan fingerprint density at radius 3 is 2.09 bits per heavy atom. The second-order valence-electron chi connectivity index (χ2n) is 6.72. The Hall–Kier alpha value is -1.76. The number of fused-ring (bicyclic) bond motifs is 2. The number of rotatable bonds is 11. The standard InChI is InChI=1S/C18H21N3O9P2S/c1-19-16-4-2-12(21(23)24)10-14(16)18(22)15-11-13(3-5-17(15)19)33-20(6-8-29-31(25)26)7-9-30-32(27)28/h2-5,10-11,25-28H,6-9H2,1H3. The van der Waals surface area contributed by atoms with Crippen LogP contribution in [0.15, 0.2) is 46.1 Å². The summed E-state index contributed by atoms with van der Waals surface area (Å²) in [5, 5.41) is 11.8. The molecule has 2 aromatic carbocycles. The fraction of sp³-hybridized carbons (Fsp3) is 0.278. The van der Waals surface area contributed by atoms with Crippen LogP contribution in [-0.4, -0.2) is 59.7 Å². The van der Waals surface area contributed by atoms with Crippen LogP contribution >= 0.6 is 29.2 Å². The van der Waals surface area contributed by atoms with Gasteiger partial charge in [0.15, 0.2) is 5.43 Å². The largest absolute Gasteiger partial charge is 0.343 e. The highest BCUT2D eigenvalue weighted by Crippen LogP contribution is 2.30. The molecule has 3 rings (SSSR count). The molecule has 0 aliphatic carbocycles. The first-order valence-electron chi connectivity index (χ1n) is 9.43. The maximum Gasteiger partial charge on any atom is 0.327 e. The molecule has 0 unspecified atom stereocenters. The summed E-state index contributed by atoms with van der Waals surface area (Å²) >= 11 is 1.24. The van der Waals surface area contributed by atoms with Gasteiger partial charge in [0.05, 0.1) is 34.6 Å². The molecule has 15 heteroatoms. The lowest BCUT2D eigenvalue weighted by Gasteiger charge is -2.21. The van der Waals surface area contributed by atoms with Crippen molar-refractivity contribution in [1.82, 2.24) is 8.87 Å². The van der Waals surface area contributed by atoms with Crippen molar-refractivity contribution in [2.24, 2.45) is 7.05 Å². The van der Waals surface area contributed by atoms with Gasteiger partial charge < -0.3 is 33.2 Å². The van der Waals surface area contributed by atoms with E-state index in [0.29, 0.717) is 21.3 Å². The fourth-order valence-electron chi connectivity index (χ4n) is 3.23. The minimum atomic E-state index is -2.51. The number of hydrogen-bond acceptors (Lipinski definition) is 11. The Morgan fingerprint density at radius 1 is 1.00 bits per heavy atom. The van der Waals surface area contributed by atoms with E-state index >= 15 is 0 Å². The van der Waals surface area contributed by atoms with Gasteiger partial charge in [-0.3, -0.25) is 14.9 Å². The van der Waals surface area contributed by atoms with Crippen molar-refractivity contribution in [3.63, 3.8) is 0 Å². The summed E-state index contributed by atoms with van der Waals surface area (Å²) in [6.07, 6.45) is 0. The van der Waals surface area contributed by atoms with Crippen molar-refractivity contribution in [2.75, 3.05) is 26.3 Å². The number of non-ortho nitro benzene ring substituents is 1. The van der Waals surface area contributed by atoms with E-state index in [0.717, 1.165) is 0 Å². The van der Waals surface area contributed by atoms with E-state index in [2.05, 4.69) is 0 Å². The average Bonchev–Trinajstić information content (AvgIpc) is 2.76. The van der Waals surface area contributed by atoms with Crippen LogP contribution in [0.25, 0.3) is 21.8 Å². The van der Waals surface area contributed by atoms with Crippen LogP contribution in [0.1, 0.15) is 0 Å². The predicted molar refractivity (Wildman–Crippen MR) is 125 cm³/mol. The van der Waals surface area contributed by atoms with Crippen molar-refractivity contribution in [3.8, 4) is 0 Å². The Balaban J connectivity index is 1.93. The van der Waals surface area contributed by atoms with E-state index in [4.69, 9.17) is 28.6 Å². The smallest absolute Gasteiger partial charge is 0.327 e. The lowest BCUT2D eigenvalue weighted by molar-refractivity contribution is -0.384. The van der Waals surface area contributed by atoms with Crippen LogP contribution in [0.4, 0.5) is 5.69 Å². The Bertz CT molecular complexity index is 1190. The highest BCUT2D eigenvalue weighted by molar-refractivity contribution is 7.97. The van der Waals surface area contributed by atoms with E-state index in [9.17, 15) is 14.9 Å². The van der Waals surface area contributed by atoms with Crippen LogP contribution in [0.3, 0.4) is 0 Å². The summed E-state index contributed by atoms with van der Waals surface area (Å²) in [6, 6.07) is 9.41. The van der Waals surface area contributed by atoms with Gasteiger partial charge in [0.1, 0.15) is 0 Å². The van der Waals surface area contributed by atoms with Gasteiger partial charge in [0.25, 0.3) is 5.69 Å². The SMILES string of the molecule is Cn1c2ccc(SN(CCOP(O)O)CCOP(O)O)cc2c(=O)c2cc([N+](=O)[O-])ccc21. The number of aryl methyl sites for hydroxylation is 1. The summed E-state index contributed by atoms with van der Waals surface area (Å²) in [5.41, 5.74) is 0.723. The molecular weight excluding hydrogens is 496 g/mol. The molecule has 0 aliphatic rings.